The molecular formula is C25H26N4O3. The molecule has 0 saturated carbocycles. The molecule has 0 fully saturated rings. The summed E-state index contributed by atoms with van der Waals surface area (Å²) in [4.78, 5) is 21.1. The average molecular weight is 431 g/mol. The summed E-state index contributed by atoms with van der Waals surface area (Å²) in [6.45, 7) is 8.21. The van der Waals surface area contributed by atoms with Crippen LogP contribution in [0.25, 0.3) is 22.4 Å². The molecule has 0 bridgehead atoms. The zero-order chi connectivity index (χ0) is 22.7. The van der Waals surface area contributed by atoms with Crippen molar-refractivity contribution in [2.24, 2.45) is 0 Å². The molecule has 0 aliphatic carbocycles. The molecule has 0 aliphatic heterocycles. The van der Waals surface area contributed by atoms with Crippen molar-refractivity contribution in [3.63, 3.8) is 0 Å². The second kappa shape index (κ2) is 9.18. The van der Waals surface area contributed by atoms with Gasteiger partial charge in [0.05, 0.1) is 0 Å². The van der Waals surface area contributed by atoms with E-state index in [0.717, 1.165) is 23.1 Å². The van der Waals surface area contributed by atoms with Crippen LogP contribution in [0.3, 0.4) is 0 Å². The molecule has 0 saturated heterocycles. The molecule has 1 N–H and O–H groups in total. The van der Waals surface area contributed by atoms with Gasteiger partial charge in [0.25, 0.3) is 11.6 Å². The number of ether oxygens (including phenoxy) is 1. The molecule has 164 valence electrons. The topological polar surface area (TPSA) is 90.1 Å². The minimum absolute atomic E-state index is 0.170. The Labute approximate surface area is 186 Å². The maximum Gasteiger partial charge on any atom is 0.265 e. The number of carbonyl (C=O) groups excluding carboxylic acids is 1. The molecule has 4 aromatic rings. The van der Waals surface area contributed by atoms with Crippen LogP contribution in [0.2, 0.25) is 0 Å². The maximum absolute atomic E-state index is 12.4. The Morgan fingerprint density at radius 2 is 1.75 bits per heavy atom. The Morgan fingerprint density at radius 3 is 2.47 bits per heavy atom. The lowest BCUT2D eigenvalue weighted by atomic mass is 10.0. The Morgan fingerprint density at radius 1 is 1.00 bits per heavy atom. The van der Waals surface area contributed by atoms with Crippen molar-refractivity contribution in [2.45, 2.75) is 40.7 Å². The summed E-state index contributed by atoms with van der Waals surface area (Å²) in [7, 11) is 0. The van der Waals surface area contributed by atoms with Crippen LogP contribution in [0.5, 0.6) is 5.88 Å². The van der Waals surface area contributed by atoms with E-state index in [-0.39, 0.29) is 18.4 Å². The van der Waals surface area contributed by atoms with Crippen LogP contribution in [0.15, 0.2) is 47.0 Å². The van der Waals surface area contributed by atoms with Gasteiger partial charge in [-0.3, -0.25) is 4.79 Å². The Bertz CT molecular complexity index is 1260. The average Bonchev–Trinajstić information content (AvgIpc) is 3.22. The molecule has 7 nitrogen and oxygen atoms in total. The fourth-order valence-corrected chi connectivity index (χ4v) is 3.39. The minimum atomic E-state index is -0.238. The third kappa shape index (κ3) is 4.61. The molecule has 4 rings (SSSR count). The Hall–Kier alpha value is -3.74. The molecule has 7 heteroatoms. The number of nitrogens with zero attached hydrogens (tertiary/aromatic N) is 3. The first-order valence-electron chi connectivity index (χ1n) is 10.6. The van der Waals surface area contributed by atoms with Gasteiger partial charge in [0.2, 0.25) is 5.88 Å². The lowest BCUT2D eigenvalue weighted by Gasteiger charge is -2.09. The van der Waals surface area contributed by atoms with E-state index < -0.39 is 0 Å². The molecular weight excluding hydrogens is 404 g/mol. The van der Waals surface area contributed by atoms with E-state index >= 15 is 0 Å². The highest BCUT2D eigenvalue weighted by Crippen LogP contribution is 2.33. The third-order valence-corrected chi connectivity index (χ3v) is 5.46. The van der Waals surface area contributed by atoms with Gasteiger partial charge >= 0.3 is 0 Å². The van der Waals surface area contributed by atoms with Crippen molar-refractivity contribution in [1.82, 2.24) is 20.4 Å². The van der Waals surface area contributed by atoms with Gasteiger partial charge in [0, 0.05) is 12.1 Å². The van der Waals surface area contributed by atoms with Gasteiger partial charge in [-0.25, -0.2) is 0 Å². The van der Waals surface area contributed by atoms with Crippen LogP contribution in [-0.2, 0) is 17.8 Å². The number of amides is 1. The number of aryl methyl sites for hydroxylation is 4. The number of carbonyl (C=O) groups is 1. The fourth-order valence-electron chi connectivity index (χ4n) is 3.39. The molecule has 1 amide bonds. The first-order chi connectivity index (χ1) is 15.4. The lowest BCUT2D eigenvalue weighted by Crippen LogP contribution is -2.28. The summed E-state index contributed by atoms with van der Waals surface area (Å²) in [5, 5.41) is 7.63. The summed E-state index contributed by atoms with van der Waals surface area (Å²) in [6, 6.07) is 14.2. The molecule has 32 heavy (non-hydrogen) atoms. The van der Waals surface area contributed by atoms with Crippen LogP contribution in [0.4, 0.5) is 0 Å². The standard InChI is InChI=1S/C25H26N4O3/c1-5-18-7-9-19(10-8-18)13-26-21(30)14-31-24-22-23(20-11-6-15(2)16(3)12-20)29-32-25(22)28-17(4)27-24/h6-12H,5,13-14H2,1-4H3,(H,26,30). The smallest absolute Gasteiger partial charge is 0.265 e. The second-order valence-corrected chi connectivity index (χ2v) is 7.82. The summed E-state index contributed by atoms with van der Waals surface area (Å²) < 4.78 is 11.2. The number of benzene rings is 2. The van der Waals surface area contributed by atoms with Crippen molar-refractivity contribution in [3.05, 3.63) is 70.5 Å². The number of aromatic nitrogens is 3. The monoisotopic (exact) mass is 430 g/mol. The van der Waals surface area contributed by atoms with E-state index in [9.17, 15) is 4.79 Å². The van der Waals surface area contributed by atoms with Gasteiger partial charge in [0.15, 0.2) is 6.61 Å². The number of rotatable bonds is 7. The number of fused-ring (bicyclic) bond motifs is 1. The normalized spacial score (nSPS) is 11.0. The van der Waals surface area contributed by atoms with E-state index in [1.165, 1.54) is 11.1 Å². The van der Waals surface area contributed by atoms with E-state index in [4.69, 9.17) is 9.26 Å². The summed E-state index contributed by atoms with van der Waals surface area (Å²) in [6.07, 6.45) is 0.986. The Kier molecular flexibility index (Phi) is 6.16. The van der Waals surface area contributed by atoms with Gasteiger partial charge in [-0.05, 0) is 55.5 Å². The van der Waals surface area contributed by atoms with Gasteiger partial charge in [-0.15, -0.1) is 0 Å². The van der Waals surface area contributed by atoms with E-state index in [1.54, 1.807) is 6.92 Å². The van der Waals surface area contributed by atoms with Crippen LogP contribution in [0, 0.1) is 20.8 Å². The van der Waals surface area contributed by atoms with Gasteiger partial charge in [-0.1, -0.05) is 48.5 Å². The molecule has 0 radical (unpaired) electrons. The third-order valence-electron chi connectivity index (χ3n) is 5.46. The van der Waals surface area contributed by atoms with Crippen LogP contribution < -0.4 is 10.1 Å². The van der Waals surface area contributed by atoms with Crippen molar-refractivity contribution in [2.75, 3.05) is 6.61 Å². The quantitative estimate of drug-likeness (QED) is 0.465. The fraction of sp³-hybridized carbons (Fsp3) is 0.280. The molecule has 2 aromatic heterocycles. The van der Waals surface area contributed by atoms with Crippen molar-refractivity contribution in [1.29, 1.82) is 0 Å². The summed E-state index contributed by atoms with van der Waals surface area (Å²) in [5.41, 5.74) is 6.43. The second-order valence-electron chi connectivity index (χ2n) is 7.82. The van der Waals surface area contributed by atoms with Crippen molar-refractivity contribution in [3.8, 4) is 17.1 Å². The van der Waals surface area contributed by atoms with Crippen LogP contribution in [-0.4, -0.2) is 27.6 Å². The lowest BCUT2D eigenvalue weighted by molar-refractivity contribution is -0.123. The molecule has 0 spiro atoms. The van der Waals surface area contributed by atoms with Gasteiger partial charge in [0.1, 0.15) is 16.9 Å². The van der Waals surface area contributed by atoms with E-state index in [2.05, 4.69) is 46.4 Å². The number of nitrogens with one attached hydrogen (secondary N) is 1. The highest BCUT2D eigenvalue weighted by molar-refractivity contribution is 5.93. The highest BCUT2D eigenvalue weighted by atomic mass is 16.5. The number of hydrogen-bond donors (Lipinski definition) is 1. The zero-order valence-electron chi connectivity index (χ0n) is 18.7. The number of hydrogen-bond acceptors (Lipinski definition) is 6. The largest absolute Gasteiger partial charge is 0.467 e. The summed E-state index contributed by atoms with van der Waals surface area (Å²) in [5.74, 6) is 0.523. The molecule has 0 unspecified atom stereocenters. The SMILES string of the molecule is CCc1ccc(CNC(=O)COc2nc(C)nc3onc(-c4ccc(C)c(C)c4)c23)cc1. The minimum Gasteiger partial charge on any atom is -0.467 e. The van der Waals surface area contributed by atoms with Crippen LogP contribution in [0.1, 0.15) is 35.0 Å². The van der Waals surface area contributed by atoms with Gasteiger partial charge in [-0.2, -0.15) is 9.97 Å². The highest BCUT2D eigenvalue weighted by Gasteiger charge is 2.20. The molecule has 2 heterocycles. The van der Waals surface area contributed by atoms with E-state index in [0.29, 0.717) is 29.2 Å². The van der Waals surface area contributed by atoms with Crippen LogP contribution >= 0.6 is 0 Å². The predicted molar refractivity (Wildman–Crippen MR) is 122 cm³/mol. The molecule has 0 atom stereocenters. The Balaban J connectivity index is 1.51. The zero-order valence-corrected chi connectivity index (χ0v) is 18.7. The first kappa shape index (κ1) is 21.5. The van der Waals surface area contributed by atoms with Crippen molar-refractivity contribution < 1.29 is 14.1 Å². The van der Waals surface area contributed by atoms with E-state index in [1.807, 2.05) is 37.3 Å². The molecule has 2 aromatic carbocycles. The molecule has 0 aliphatic rings. The first-order valence-corrected chi connectivity index (χ1v) is 10.6. The predicted octanol–water partition coefficient (Wildman–Crippen LogP) is 4.47. The maximum atomic E-state index is 12.4. The van der Waals surface area contributed by atoms with Crippen molar-refractivity contribution >= 4 is 17.0 Å². The summed E-state index contributed by atoms with van der Waals surface area (Å²) >= 11 is 0. The van der Waals surface area contributed by atoms with Gasteiger partial charge < -0.3 is 14.6 Å².